The van der Waals surface area contributed by atoms with Crippen molar-refractivity contribution in [2.75, 3.05) is 26.2 Å². The van der Waals surface area contributed by atoms with E-state index in [1.807, 2.05) is 11.0 Å². The number of fused-ring (bicyclic) bond motifs is 1. The second kappa shape index (κ2) is 8.01. The fourth-order valence-electron chi connectivity index (χ4n) is 5.08. The van der Waals surface area contributed by atoms with Crippen LogP contribution in [0.15, 0.2) is 18.2 Å². The van der Waals surface area contributed by atoms with E-state index in [2.05, 4.69) is 4.90 Å². The van der Waals surface area contributed by atoms with Crippen LogP contribution in [0.4, 0.5) is 8.78 Å². The first kappa shape index (κ1) is 20.3. The van der Waals surface area contributed by atoms with E-state index in [0.29, 0.717) is 48.9 Å². The third-order valence-electron chi connectivity index (χ3n) is 6.82. The van der Waals surface area contributed by atoms with E-state index in [4.69, 9.17) is 5.73 Å². The van der Waals surface area contributed by atoms with Crippen molar-refractivity contribution in [3.63, 3.8) is 0 Å². The molecule has 0 atom stereocenters. The number of primary amides is 1. The van der Waals surface area contributed by atoms with Crippen molar-refractivity contribution in [1.82, 2.24) is 9.80 Å². The average Bonchev–Trinajstić information content (AvgIpc) is 3.00. The van der Waals surface area contributed by atoms with Gasteiger partial charge in [0, 0.05) is 32.5 Å². The molecule has 0 aromatic heterocycles. The Hall–Kier alpha value is -2.02. The molecule has 2 heterocycles. The maximum absolute atomic E-state index is 13.3. The highest BCUT2D eigenvalue weighted by molar-refractivity contribution is 6.09. The molecular weight excluding hydrogens is 376 g/mol. The number of hydrogen-bond acceptors (Lipinski definition) is 3. The van der Waals surface area contributed by atoms with E-state index in [1.165, 1.54) is 0 Å². The molecule has 1 aromatic rings. The largest absolute Gasteiger partial charge is 0.366 e. The smallest absolute Gasteiger partial charge is 0.255 e. The van der Waals surface area contributed by atoms with Crippen LogP contribution in [-0.4, -0.2) is 53.7 Å². The minimum atomic E-state index is -2.46. The molecule has 0 spiro atoms. The van der Waals surface area contributed by atoms with Crippen molar-refractivity contribution in [3.8, 4) is 0 Å². The predicted molar refractivity (Wildman–Crippen MR) is 106 cm³/mol. The van der Waals surface area contributed by atoms with Crippen LogP contribution < -0.4 is 5.73 Å². The summed E-state index contributed by atoms with van der Waals surface area (Å²) in [6, 6.07) is 5.27. The van der Waals surface area contributed by atoms with Crippen LogP contribution >= 0.6 is 0 Å². The van der Waals surface area contributed by atoms with Crippen molar-refractivity contribution >= 4 is 11.8 Å². The summed E-state index contributed by atoms with van der Waals surface area (Å²) in [5.74, 6) is -2.31. The maximum atomic E-state index is 13.3. The first-order valence-electron chi connectivity index (χ1n) is 10.6. The van der Waals surface area contributed by atoms with E-state index in [1.54, 1.807) is 12.1 Å². The summed E-state index contributed by atoms with van der Waals surface area (Å²) >= 11 is 0. The molecule has 2 amide bonds. The molecule has 0 unspecified atom stereocenters. The number of alkyl halides is 2. The van der Waals surface area contributed by atoms with E-state index in [0.717, 1.165) is 38.0 Å². The van der Waals surface area contributed by atoms with Crippen molar-refractivity contribution in [2.45, 2.75) is 51.0 Å². The number of nitrogens with zero attached hydrogens (tertiary/aromatic N) is 2. The van der Waals surface area contributed by atoms with Crippen molar-refractivity contribution in [1.29, 1.82) is 0 Å². The molecule has 3 aliphatic rings. The molecule has 1 saturated carbocycles. The Kier molecular flexibility index (Phi) is 5.60. The summed E-state index contributed by atoms with van der Waals surface area (Å²) in [6.45, 7) is 4.05. The van der Waals surface area contributed by atoms with Gasteiger partial charge in [-0.2, -0.15) is 0 Å². The van der Waals surface area contributed by atoms with E-state index in [-0.39, 0.29) is 18.7 Å². The normalized spacial score (nSPS) is 23.4. The summed E-state index contributed by atoms with van der Waals surface area (Å²) in [5, 5.41) is 0. The Balaban J connectivity index is 1.27. The quantitative estimate of drug-likeness (QED) is 0.818. The second-order valence-electron chi connectivity index (χ2n) is 8.93. The number of hydrogen-bond donors (Lipinski definition) is 1. The third-order valence-corrected chi connectivity index (χ3v) is 6.82. The summed E-state index contributed by atoms with van der Waals surface area (Å²) in [6.07, 6.45) is 3.31. The lowest BCUT2D eigenvalue weighted by molar-refractivity contribution is -0.0497. The van der Waals surface area contributed by atoms with Crippen LogP contribution in [0.25, 0.3) is 0 Å². The van der Waals surface area contributed by atoms with Gasteiger partial charge in [-0.1, -0.05) is 12.1 Å². The monoisotopic (exact) mass is 405 g/mol. The van der Waals surface area contributed by atoms with Gasteiger partial charge in [0.15, 0.2) is 0 Å². The Bertz CT molecular complexity index is 780. The minimum Gasteiger partial charge on any atom is -0.366 e. The number of nitrogens with two attached hydrogens (primary N) is 1. The van der Waals surface area contributed by atoms with Gasteiger partial charge in [-0.05, 0) is 62.2 Å². The zero-order chi connectivity index (χ0) is 20.6. The van der Waals surface area contributed by atoms with Gasteiger partial charge in [-0.3, -0.25) is 9.59 Å². The number of halogens is 2. The van der Waals surface area contributed by atoms with E-state index in [9.17, 15) is 18.4 Å². The van der Waals surface area contributed by atoms with E-state index >= 15 is 0 Å². The number of benzene rings is 1. The molecule has 29 heavy (non-hydrogen) atoms. The van der Waals surface area contributed by atoms with Crippen LogP contribution in [0, 0.1) is 11.8 Å². The third kappa shape index (κ3) is 4.44. The standard InChI is InChI=1S/C22H29F2N3O2/c23-22(24)8-4-15(5-9-22)12-26-10-6-16(7-11-26)13-27-14-17-2-1-3-18(20(25)28)19(17)21(27)29/h1-3,15-16H,4-14H2,(H2,25,28). The molecule has 2 N–H and O–H groups in total. The van der Waals surface area contributed by atoms with Gasteiger partial charge in [0.25, 0.3) is 5.91 Å². The van der Waals surface area contributed by atoms with Gasteiger partial charge in [-0.25, -0.2) is 8.78 Å². The SMILES string of the molecule is NC(=O)c1cccc2c1C(=O)N(CC1CCN(CC3CCC(F)(F)CC3)CC1)C2. The van der Waals surface area contributed by atoms with Gasteiger partial charge in [0.1, 0.15) is 0 Å². The number of carbonyl (C=O) groups is 2. The Labute approximate surface area is 170 Å². The molecule has 1 saturated heterocycles. The topological polar surface area (TPSA) is 66.6 Å². The first-order chi connectivity index (χ1) is 13.8. The molecule has 7 heteroatoms. The molecule has 0 bridgehead atoms. The molecule has 4 rings (SSSR count). The predicted octanol–water partition coefficient (Wildman–Crippen LogP) is 3.28. The highest BCUT2D eigenvalue weighted by Gasteiger charge is 2.36. The molecule has 2 aliphatic heterocycles. The lowest BCUT2D eigenvalue weighted by Gasteiger charge is -2.37. The number of piperidine rings is 1. The van der Waals surface area contributed by atoms with Crippen molar-refractivity contribution < 1.29 is 18.4 Å². The zero-order valence-corrected chi connectivity index (χ0v) is 16.7. The van der Waals surface area contributed by atoms with Crippen LogP contribution in [0.5, 0.6) is 0 Å². The van der Waals surface area contributed by atoms with Gasteiger partial charge < -0.3 is 15.5 Å². The molecule has 0 radical (unpaired) electrons. The van der Waals surface area contributed by atoms with Crippen LogP contribution in [0.1, 0.15) is 64.8 Å². The zero-order valence-electron chi connectivity index (χ0n) is 16.7. The van der Waals surface area contributed by atoms with Crippen molar-refractivity contribution in [3.05, 3.63) is 34.9 Å². The van der Waals surface area contributed by atoms with Gasteiger partial charge in [-0.15, -0.1) is 0 Å². The van der Waals surface area contributed by atoms with Gasteiger partial charge in [0.2, 0.25) is 11.8 Å². The lowest BCUT2D eigenvalue weighted by atomic mass is 9.85. The summed E-state index contributed by atoms with van der Waals surface area (Å²) in [4.78, 5) is 28.7. The first-order valence-corrected chi connectivity index (χ1v) is 10.6. The Morgan fingerprint density at radius 2 is 1.72 bits per heavy atom. The molecule has 1 aromatic carbocycles. The fraction of sp³-hybridized carbons (Fsp3) is 0.636. The summed E-state index contributed by atoms with van der Waals surface area (Å²) < 4.78 is 26.7. The summed E-state index contributed by atoms with van der Waals surface area (Å²) in [5.41, 5.74) is 7.07. The highest BCUT2D eigenvalue weighted by atomic mass is 19.3. The van der Waals surface area contributed by atoms with E-state index < -0.39 is 11.8 Å². The van der Waals surface area contributed by atoms with Crippen molar-refractivity contribution in [2.24, 2.45) is 17.6 Å². The highest BCUT2D eigenvalue weighted by Crippen LogP contribution is 2.37. The molecule has 1 aliphatic carbocycles. The summed E-state index contributed by atoms with van der Waals surface area (Å²) in [7, 11) is 0. The molecule has 5 nitrogen and oxygen atoms in total. The Morgan fingerprint density at radius 3 is 2.38 bits per heavy atom. The molecular formula is C22H29F2N3O2. The van der Waals surface area contributed by atoms with Crippen LogP contribution in [0.3, 0.4) is 0 Å². The lowest BCUT2D eigenvalue weighted by Crippen LogP contribution is -2.41. The number of rotatable bonds is 5. The molecule has 2 fully saturated rings. The fourth-order valence-corrected chi connectivity index (χ4v) is 5.08. The van der Waals surface area contributed by atoms with Gasteiger partial charge >= 0.3 is 0 Å². The second-order valence-corrected chi connectivity index (χ2v) is 8.93. The number of likely N-dealkylation sites (tertiary alicyclic amines) is 1. The average molecular weight is 405 g/mol. The number of carbonyl (C=O) groups excluding carboxylic acids is 2. The number of amides is 2. The van der Waals surface area contributed by atoms with Crippen LogP contribution in [-0.2, 0) is 6.54 Å². The van der Waals surface area contributed by atoms with Gasteiger partial charge in [0.05, 0.1) is 11.1 Å². The minimum absolute atomic E-state index is 0.0268. The van der Waals surface area contributed by atoms with Crippen LogP contribution in [0.2, 0.25) is 0 Å². The Morgan fingerprint density at radius 1 is 1.07 bits per heavy atom. The molecule has 158 valence electrons. The maximum Gasteiger partial charge on any atom is 0.255 e.